The van der Waals surface area contributed by atoms with Gasteiger partial charge in [0.05, 0.1) is 13.2 Å². The highest BCUT2D eigenvalue weighted by molar-refractivity contribution is 5.82. The molecule has 1 aromatic rings. The number of amides is 1. The lowest BCUT2D eigenvalue weighted by Gasteiger charge is -2.08. The average molecular weight is 206 g/mol. The van der Waals surface area contributed by atoms with E-state index in [0.717, 1.165) is 16.9 Å². The number of fused-ring (bicyclic) bond motifs is 1. The van der Waals surface area contributed by atoms with E-state index in [-0.39, 0.29) is 5.91 Å². The molecule has 3 N–H and O–H groups in total. The topological polar surface area (TPSA) is 64.3 Å². The Kier molecular flexibility index (Phi) is 2.60. The molecule has 0 aliphatic carbocycles. The number of methoxy groups -OCH3 is 1. The lowest BCUT2D eigenvalue weighted by atomic mass is 10.0. The summed E-state index contributed by atoms with van der Waals surface area (Å²) in [4.78, 5) is 11.4. The lowest BCUT2D eigenvalue weighted by Crippen LogP contribution is -2.39. The highest BCUT2D eigenvalue weighted by Gasteiger charge is 2.20. The van der Waals surface area contributed by atoms with E-state index in [1.54, 1.807) is 7.11 Å². The predicted molar refractivity (Wildman–Crippen MR) is 56.5 cm³/mol. The molecule has 1 amide bonds. The smallest absolute Gasteiger partial charge is 0.237 e. The van der Waals surface area contributed by atoms with Crippen molar-refractivity contribution in [3.8, 4) is 5.75 Å². The molecule has 1 aromatic carbocycles. The van der Waals surface area contributed by atoms with Crippen LogP contribution in [0.25, 0.3) is 0 Å². The van der Waals surface area contributed by atoms with Crippen LogP contribution in [0.2, 0.25) is 0 Å². The van der Waals surface area contributed by atoms with Crippen molar-refractivity contribution in [2.75, 3.05) is 7.11 Å². The van der Waals surface area contributed by atoms with Crippen LogP contribution < -0.4 is 15.8 Å². The van der Waals surface area contributed by atoms with Crippen LogP contribution in [0.5, 0.6) is 5.75 Å². The Hall–Kier alpha value is -1.55. The number of ether oxygens (including phenoxy) is 1. The van der Waals surface area contributed by atoms with E-state index in [1.165, 1.54) is 0 Å². The largest absolute Gasteiger partial charge is 0.497 e. The Bertz CT molecular complexity index is 390. The maximum absolute atomic E-state index is 11.4. The Morgan fingerprint density at radius 2 is 2.27 bits per heavy atom. The molecule has 0 saturated carbocycles. The van der Waals surface area contributed by atoms with Crippen molar-refractivity contribution in [1.82, 2.24) is 5.32 Å². The molecule has 15 heavy (non-hydrogen) atoms. The fraction of sp³-hybridized carbons (Fsp3) is 0.364. The molecule has 0 aromatic heterocycles. The second-order valence-corrected chi connectivity index (χ2v) is 3.66. The van der Waals surface area contributed by atoms with Gasteiger partial charge in [-0.05, 0) is 29.7 Å². The summed E-state index contributed by atoms with van der Waals surface area (Å²) in [6, 6.07) is 5.35. The average Bonchev–Trinajstić information content (AvgIpc) is 2.39. The third-order valence-electron chi connectivity index (χ3n) is 2.64. The minimum absolute atomic E-state index is 0.0924. The standard InChI is InChI=1S/C11H14N2O2/c1-15-9-3-2-7-5-10(12)11(14)13-6-8(7)4-9/h2-4,10H,5-6,12H2,1H3,(H,13,14)/t10-/m0/s1. The van der Waals surface area contributed by atoms with Gasteiger partial charge in [-0.25, -0.2) is 0 Å². The summed E-state index contributed by atoms with van der Waals surface area (Å²) in [6.07, 6.45) is 0.588. The van der Waals surface area contributed by atoms with Gasteiger partial charge < -0.3 is 15.8 Å². The number of benzene rings is 1. The fourth-order valence-electron chi connectivity index (χ4n) is 1.74. The maximum Gasteiger partial charge on any atom is 0.237 e. The quantitative estimate of drug-likeness (QED) is 0.689. The molecule has 0 bridgehead atoms. The monoisotopic (exact) mass is 206 g/mol. The van der Waals surface area contributed by atoms with Crippen molar-refractivity contribution in [2.45, 2.75) is 19.0 Å². The van der Waals surface area contributed by atoms with E-state index < -0.39 is 6.04 Å². The number of hydrogen-bond acceptors (Lipinski definition) is 3. The number of nitrogens with one attached hydrogen (secondary N) is 1. The van der Waals surface area contributed by atoms with Crippen LogP contribution in [0.3, 0.4) is 0 Å². The first-order valence-corrected chi connectivity index (χ1v) is 4.90. The second-order valence-electron chi connectivity index (χ2n) is 3.66. The minimum Gasteiger partial charge on any atom is -0.497 e. The molecule has 1 heterocycles. The first-order chi connectivity index (χ1) is 7.20. The van der Waals surface area contributed by atoms with Gasteiger partial charge in [0.2, 0.25) is 5.91 Å². The molecule has 4 heteroatoms. The molecular weight excluding hydrogens is 192 g/mol. The number of carbonyl (C=O) groups is 1. The van der Waals surface area contributed by atoms with Crippen molar-refractivity contribution in [2.24, 2.45) is 5.73 Å². The summed E-state index contributed by atoms with van der Waals surface area (Å²) >= 11 is 0. The van der Waals surface area contributed by atoms with Gasteiger partial charge in [0.15, 0.2) is 0 Å². The highest BCUT2D eigenvalue weighted by Crippen LogP contribution is 2.20. The van der Waals surface area contributed by atoms with E-state index in [2.05, 4.69) is 5.32 Å². The SMILES string of the molecule is COc1ccc2c(c1)CNC(=O)[C@@H](N)C2. The zero-order valence-electron chi connectivity index (χ0n) is 8.62. The van der Waals surface area contributed by atoms with Crippen LogP contribution in [0.15, 0.2) is 18.2 Å². The normalized spacial score (nSPS) is 20.1. The van der Waals surface area contributed by atoms with Crippen molar-refractivity contribution >= 4 is 5.91 Å². The molecule has 1 aliphatic rings. The number of rotatable bonds is 1. The van der Waals surface area contributed by atoms with Crippen molar-refractivity contribution in [3.05, 3.63) is 29.3 Å². The van der Waals surface area contributed by atoms with Crippen LogP contribution >= 0.6 is 0 Å². The summed E-state index contributed by atoms with van der Waals surface area (Å²) in [5, 5.41) is 2.78. The molecule has 4 nitrogen and oxygen atoms in total. The first-order valence-electron chi connectivity index (χ1n) is 4.90. The maximum atomic E-state index is 11.4. The zero-order valence-corrected chi connectivity index (χ0v) is 8.62. The van der Waals surface area contributed by atoms with E-state index in [9.17, 15) is 4.79 Å². The van der Waals surface area contributed by atoms with Crippen molar-refractivity contribution in [3.63, 3.8) is 0 Å². The second kappa shape index (κ2) is 3.90. The Morgan fingerprint density at radius 1 is 1.47 bits per heavy atom. The van der Waals surface area contributed by atoms with Crippen LogP contribution in [-0.2, 0) is 17.8 Å². The Balaban J connectivity index is 2.34. The van der Waals surface area contributed by atoms with Gasteiger partial charge in [-0.2, -0.15) is 0 Å². The summed E-state index contributed by atoms with van der Waals surface area (Å²) < 4.78 is 5.13. The van der Waals surface area contributed by atoms with Gasteiger partial charge in [-0.1, -0.05) is 6.07 Å². The summed E-state index contributed by atoms with van der Waals surface area (Å²) in [5.74, 6) is 0.712. The van der Waals surface area contributed by atoms with Crippen LogP contribution in [0.4, 0.5) is 0 Å². The minimum atomic E-state index is -0.445. The molecule has 0 saturated heterocycles. The lowest BCUT2D eigenvalue weighted by molar-refractivity contribution is -0.122. The van der Waals surface area contributed by atoms with E-state index in [4.69, 9.17) is 10.5 Å². The first kappa shape index (κ1) is 9.98. The van der Waals surface area contributed by atoms with Gasteiger partial charge in [0.1, 0.15) is 5.75 Å². The molecule has 1 aliphatic heterocycles. The predicted octanol–water partition coefficient (Wildman–Crippen LogP) is 0.195. The number of hydrogen-bond donors (Lipinski definition) is 2. The molecule has 2 rings (SSSR count). The molecule has 0 radical (unpaired) electrons. The Labute approximate surface area is 88.4 Å². The van der Waals surface area contributed by atoms with E-state index in [1.807, 2.05) is 18.2 Å². The Morgan fingerprint density at radius 3 is 3.00 bits per heavy atom. The third kappa shape index (κ3) is 1.94. The number of carbonyl (C=O) groups excluding carboxylic acids is 1. The molecule has 1 atom stereocenters. The van der Waals surface area contributed by atoms with Gasteiger partial charge in [0, 0.05) is 6.54 Å². The highest BCUT2D eigenvalue weighted by atomic mass is 16.5. The third-order valence-corrected chi connectivity index (χ3v) is 2.64. The van der Waals surface area contributed by atoms with Gasteiger partial charge in [-0.3, -0.25) is 4.79 Å². The molecule has 0 unspecified atom stereocenters. The summed E-state index contributed by atoms with van der Waals surface area (Å²) in [7, 11) is 1.63. The molecular formula is C11H14N2O2. The van der Waals surface area contributed by atoms with Gasteiger partial charge in [0.25, 0.3) is 0 Å². The van der Waals surface area contributed by atoms with E-state index in [0.29, 0.717) is 13.0 Å². The molecule has 0 fully saturated rings. The summed E-state index contributed by atoms with van der Waals surface area (Å²) in [6.45, 7) is 0.527. The molecule has 0 spiro atoms. The van der Waals surface area contributed by atoms with Gasteiger partial charge in [-0.15, -0.1) is 0 Å². The molecule has 80 valence electrons. The van der Waals surface area contributed by atoms with Crippen molar-refractivity contribution in [1.29, 1.82) is 0 Å². The van der Waals surface area contributed by atoms with E-state index >= 15 is 0 Å². The zero-order chi connectivity index (χ0) is 10.8. The van der Waals surface area contributed by atoms with Crippen LogP contribution in [-0.4, -0.2) is 19.1 Å². The van der Waals surface area contributed by atoms with Crippen LogP contribution in [0.1, 0.15) is 11.1 Å². The summed E-state index contributed by atoms with van der Waals surface area (Å²) in [5.41, 5.74) is 7.91. The van der Waals surface area contributed by atoms with Crippen molar-refractivity contribution < 1.29 is 9.53 Å². The number of nitrogens with two attached hydrogens (primary N) is 1. The fourth-order valence-corrected chi connectivity index (χ4v) is 1.74. The van der Waals surface area contributed by atoms with Gasteiger partial charge >= 0.3 is 0 Å². The van der Waals surface area contributed by atoms with Crippen LogP contribution in [0, 0.1) is 0 Å².